The normalized spacial score (nSPS) is 10.2. The number of ketones is 1. The highest BCUT2D eigenvalue weighted by atomic mass is 16.5. The van der Waals surface area contributed by atoms with E-state index in [1.54, 1.807) is 44.7 Å². The van der Waals surface area contributed by atoms with Gasteiger partial charge in [-0.05, 0) is 49.4 Å². The van der Waals surface area contributed by atoms with Crippen LogP contribution in [0.5, 0.6) is 11.5 Å². The Hall–Kier alpha value is -3.61. The molecule has 2 aromatic carbocycles. The number of carbonyl (C=O) groups excluding carboxylic acids is 1. The summed E-state index contributed by atoms with van der Waals surface area (Å²) in [5.41, 5.74) is 2.18. The van der Waals surface area contributed by atoms with Crippen molar-refractivity contribution < 1.29 is 14.3 Å². The number of nitrogens with zero attached hydrogens (tertiary/aromatic N) is 2. The van der Waals surface area contributed by atoms with Gasteiger partial charge in [0.25, 0.3) is 0 Å². The van der Waals surface area contributed by atoms with Crippen molar-refractivity contribution in [1.29, 1.82) is 0 Å². The first-order valence-corrected chi connectivity index (χ1v) is 8.29. The van der Waals surface area contributed by atoms with Gasteiger partial charge in [0.1, 0.15) is 17.3 Å². The van der Waals surface area contributed by atoms with Crippen LogP contribution in [-0.4, -0.2) is 30.0 Å². The Kier molecular flexibility index (Phi) is 5.51. The van der Waals surface area contributed by atoms with Gasteiger partial charge in [-0.15, -0.1) is 0 Å². The number of hydrogen-bond acceptors (Lipinski definition) is 7. The highest BCUT2D eigenvalue weighted by Crippen LogP contribution is 2.30. The molecule has 0 amide bonds. The van der Waals surface area contributed by atoms with Crippen LogP contribution in [0.25, 0.3) is 0 Å². The summed E-state index contributed by atoms with van der Waals surface area (Å²) >= 11 is 0. The van der Waals surface area contributed by atoms with Gasteiger partial charge < -0.3 is 20.1 Å². The zero-order chi connectivity index (χ0) is 19.2. The molecule has 1 aromatic heterocycles. The van der Waals surface area contributed by atoms with E-state index in [2.05, 4.69) is 20.6 Å². The van der Waals surface area contributed by atoms with Crippen molar-refractivity contribution in [3.05, 3.63) is 60.3 Å². The average molecular weight is 364 g/mol. The van der Waals surface area contributed by atoms with Crippen LogP contribution in [-0.2, 0) is 0 Å². The third-order valence-electron chi connectivity index (χ3n) is 3.87. The minimum absolute atomic E-state index is 0.0299. The van der Waals surface area contributed by atoms with Crippen LogP contribution in [0.2, 0.25) is 0 Å². The summed E-state index contributed by atoms with van der Waals surface area (Å²) < 4.78 is 10.6. The van der Waals surface area contributed by atoms with Gasteiger partial charge >= 0.3 is 0 Å². The van der Waals surface area contributed by atoms with Crippen molar-refractivity contribution in [3.63, 3.8) is 0 Å². The lowest BCUT2D eigenvalue weighted by Crippen LogP contribution is -2.02. The Morgan fingerprint density at radius 1 is 0.963 bits per heavy atom. The fraction of sp³-hybridized carbons (Fsp3) is 0.150. The van der Waals surface area contributed by atoms with Crippen molar-refractivity contribution in [2.45, 2.75) is 6.92 Å². The zero-order valence-corrected chi connectivity index (χ0v) is 15.3. The number of carbonyl (C=O) groups is 1. The molecule has 7 nitrogen and oxygen atoms in total. The quantitative estimate of drug-likeness (QED) is 0.608. The van der Waals surface area contributed by atoms with Crippen LogP contribution in [0.15, 0.2) is 54.7 Å². The Balaban J connectivity index is 1.78. The van der Waals surface area contributed by atoms with E-state index in [4.69, 9.17) is 9.47 Å². The Labute approximate surface area is 157 Å². The molecule has 0 spiro atoms. The average Bonchev–Trinajstić information content (AvgIpc) is 2.68. The van der Waals surface area contributed by atoms with Crippen molar-refractivity contribution in [3.8, 4) is 11.5 Å². The summed E-state index contributed by atoms with van der Waals surface area (Å²) in [6, 6.07) is 14.4. The number of methoxy groups -OCH3 is 2. The number of Topliss-reactive ketones (excluding diaryl/α,β-unsaturated/α-hetero) is 1. The smallest absolute Gasteiger partial charge is 0.229 e. The Morgan fingerprint density at radius 3 is 2.41 bits per heavy atom. The van der Waals surface area contributed by atoms with E-state index in [0.717, 1.165) is 5.69 Å². The molecule has 138 valence electrons. The van der Waals surface area contributed by atoms with Gasteiger partial charge in [0.05, 0.1) is 19.9 Å². The van der Waals surface area contributed by atoms with Crippen LogP contribution < -0.4 is 20.1 Å². The molecule has 0 atom stereocenters. The van der Waals surface area contributed by atoms with E-state index >= 15 is 0 Å². The first-order chi connectivity index (χ1) is 13.1. The van der Waals surface area contributed by atoms with Crippen LogP contribution in [0.3, 0.4) is 0 Å². The van der Waals surface area contributed by atoms with Gasteiger partial charge in [0.2, 0.25) is 5.95 Å². The number of ether oxygens (including phenoxy) is 2. The highest BCUT2D eigenvalue weighted by molar-refractivity contribution is 5.94. The van der Waals surface area contributed by atoms with Crippen molar-refractivity contribution in [1.82, 2.24) is 9.97 Å². The summed E-state index contributed by atoms with van der Waals surface area (Å²) in [5, 5.41) is 6.33. The minimum atomic E-state index is 0.0299. The zero-order valence-electron chi connectivity index (χ0n) is 15.3. The minimum Gasteiger partial charge on any atom is -0.497 e. The maximum atomic E-state index is 11.4. The number of aromatic nitrogens is 2. The van der Waals surface area contributed by atoms with E-state index in [1.807, 2.05) is 24.3 Å². The fourth-order valence-corrected chi connectivity index (χ4v) is 2.46. The molecule has 3 aromatic rings. The van der Waals surface area contributed by atoms with Crippen molar-refractivity contribution in [2.24, 2.45) is 0 Å². The molecule has 3 rings (SSSR count). The number of rotatable bonds is 7. The van der Waals surface area contributed by atoms with E-state index in [9.17, 15) is 4.79 Å². The topological polar surface area (TPSA) is 85.4 Å². The molecule has 0 aliphatic heterocycles. The number of anilines is 4. The van der Waals surface area contributed by atoms with Crippen LogP contribution in [0, 0.1) is 0 Å². The molecule has 1 heterocycles. The summed E-state index contributed by atoms with van der Waals surface area (Å²) in [6.45, 7) is 1.54. The molecule has 0 saturated carbocycles. The molecule has 2 N–H and O–H groups in total. The molecule has 0 fully saturated rings. The fourth-order valence-electron chi connectivity index (χ4n) is 2.46. The molecular weight excluding hydrogens is 344 g/mol. The van der Waals surface area contributed by atoms with E-state index < -0.39 is 0 Å². The molecule has 0 aliphatic rings. The second-order valence-electron chi connectivity index (χ2n) is 5.72. The lowest BCUT2D eigenvalue weighted by molar-refractivity contribution is 0.101. The predicted octanol–water partition coefficient (Wildman–Crippen LogP) is 4.18. The van der Waals surface area contributed by atoms with Crippen LogP contribution in [0.1, 0.15) is 17.3 Å². The van der Waals surface area contributed by atoms with Crippen molar-refractivity contribution in [2.75, 3.05) is 24.9 Å². The van der Waals surface area contributed by atoms with E-state index in [-0.39, 0.29) is 5.78 Å². The molecule has 7 heteroatoms. The lowest BCUT2D eigenvalue weighted by Gasteiger charge is -2.12. The molecule has 0 bridgehead atoms. The second-order valence-corrected chi connectivity index (χ2v) is 5.72. The first-order valence-electron chi connectivity index (χ1n) is 8.29. The van der Waals surface area contributed by atoms with Crippen LogP contribution in [0.4, 0.5) is 23.1 Å². The molecule has 27 heavy (non-hydrogen) atoms. The largest absolute Gasteiger partial charge is 0.497 e. The number of hydrogen-bond donors (Lipinski definition) is 2. The van der Waals surface area contributed by atoms with Crippen LogP contribution >= 0.6 is 0 Å². The molecule has 0 aliphatic carbocycles. The second kappa shape index (κ2) is 8.18. The monoisotopic (exact) mass is 364 g/mol. The van der Waals surface area contributed by atoms with Gasteiger partial charge in [-0.25, -0.2) is 4.98 Å². The number of nitrogens with one attached hydrogen (secondary N) is 2. The molecule has 0 saturated heterocycles. The van der Waals surface area contributed by atoms with E-state index in [1.165, 1.54) is 6.92 Å². The van der Waals surface area contributed by atoms with Gasteiger partial charge in [-0.3, -0.25) is 4.79 Å². The summed E-state index contributed by atoms with van der Waals surface area (Å²) in [7, 11) is 3.19. The van der Waals surface area contributed by atoms with Gasteiger partial charge in [-0.2, -0.15) is 4.98 Å². The molecule has 0 radical (unpaired) electrons. The maximum absolute atomic E-state index is 11.4. The summed E-state index contributed by atoms with van der Waals surface area (Å²) in [5.74, 6) is 2.40. The van der Waals surface area contributed by atoms with Gasteiger partial charge in [0, 0.05) is 23.5 Å². The third kappa shape index (κ3) is 4.52. The van der Waals surface area contributed by atoms with Crippen molar-refractivity contribution >= 4 is 28.9 Å². The van der Waals surface area contributed by atoms with Gasteiger partial charge in [0.15, 0.2) is 5.78 Å². The first kappa shape index (κ1) is 18.2. The highest BCUT2D eigenvalue weighted by Gasteiger charge is 2.08. The maximum Gasteiger partial charge on any atom is 0.229 e. The lowest BCUT2D eigenvalue weighted by atomic mass is 10.1. The predicted molar refractivity (Wildman–Crippen MR) is 105 cm³/mol. The van der Waals surface area contributed by atoms with Gasteiger partial charge in [-0.1, -0.05) is 0 Å². The summed E-state index contributed by atoms with van der Waals surface area (Å²) in [6.07, 6.45) is 1.65. The SMILES string of the molecule is COc1ccc(OC)c(Nc2nccc(Nc3ccc(C(C)=O)cc3)n2)c1. The third-order valence-corrected chi connectivity index (χ3v) is 3.87. The summed E-state index contributed by atoms with van der Waals surface area (Å²) in [4.78, 5) is 20.1. The standard InChI is InChI=1S/C20H20N4O3/c1-13(25)14-4-6-15(7-5-14)22-19-10-11-21-20(24-19)23-17-12-16(26-2)8-9-18(17)27-3/h4-12H,1-3H3,(H2,21,22,23,24). The number of benzene rings is 2. The molecular formula is C20H20N4O3. The van der Waals surface area contributed by atoms with E-state index in [0.29, 0.717) is 34.5 Å². The Morgan fingerprint density at radius 2 is 1.74 bits per heavy atom. The Bertz CT molecular complexity index is 942. The molecule has 0 unspecified atom stereocenters.